The molecule has 1 aromatic heterocycles. The summed E-state index contributed by atoms with van der Waals surface area (Å²) in [5.41, 5.74) is 0. The van der Waals surface area contributed by atoms with Gasteiger partial charge in [0.05, 0.1) is 6.54 Å². The lowest BCUT2D eigenvalue weighted by atomic mass is 10.3. The maximum atomic E-state index is 10.6. The molecule has 2 N–H and O–H groups in total. The van der Waals surface area contributed by atoms with Crippen molar-refractivity contribution >= 4 is 5.97 Å². The molecule has 0 fully saturated rings. The predicted octanol–water partition coefficient (Wildman–Crippen LogP) is 1.18. The molecule has 5 heteroatoms. The number of hydrogen-bond acceptors (Lipinski definition) is 4. The Labute approximate surface area is 94.3 Å². The summed E-state index contributed by atoms with van der Waals surface area (Å²) in [5.74, 6) is -0.449. The van der Waals surface area contributed by atoms with Crippen LogP contribution in [-0.4, -0.2) is 40.8 Å². The quantitative estimate of drug-likeness (QED) is 0.731. The van der Waals surface area contributed by atoms with E-state index in [0.29, 0.717) is 18.7 Å². The lowest BCUT2D eigenvalue weighted by Crippen LogP contribution is -2.24. The number of aliphatic hydroxyl groups excluding tert-OH is 1. The fourth-order valence-electron chi connectivity index (χ4n) is 1.44. The first-order valence-electron chi connectivity index (χ1n) is 5.32. The highest BCUT2D eigenvalue weighted by Crippen LogP contribution is 2.10. The van der Waals surface area contributed by atoms with Crippen molar-refractivity contribution in [2.24, 2.45) is 0 Å². The second-order valence-corrected chi connectivity index (χ2v) is 3.52. The van der Waals surface area contributed by atoms with Crippen LogP contribution < -0.4 is 0 Å². The normalized spacial score (nSPS) is 10.9. The maximum absolute atomic E-state index is 10.6. The van der Waals surface area contributed by atoms with E-state index in [1.807, 2.05) is 6.92 Å². The zero-order valence-electron chi connectivity index (χ0n) is 9.35. The molecule has 0 aliphatic rings. The van der Waals surface area contributed by atoms with Gasteiger partial charge in [0.25, 0.3) is 0 Å². The van der Waals surface area contributed by atoms with E-state index in [9.17, 15) is 4.79 Å². The highest BCUT2D eigenvalue weighted by molar-refractivity contribution is 5.84. The number of furan rings is 1. The average Bonchev–Trinajstić information content (AvgIpc) is 2.72. The molecule has 90 valence electrons. The number of carbonyl (C=O) groups is 1. The van der Waals surface area contributed by atoms with Gasteiger partial charge in [0.1, 0.15) is 5.76 Å². The SMILES string of the molecule is CCN(CCCO)Cc1ccc(C(=O)O)o1. The molecule has 0 unspecified atom stereocenters. The molecule has 0 saturated carbocycles. The average molecular weight is 227 g/mol. The summed E-state index contributed by atoms with van der Waals surface area (Å²) in [6.07, 6.45) is 0.709. The number of carboxylic acid groups (broad SMARTS) is 1. The fourth-order valence-corrected chi connectivity index (χ4v) is 1.44. The number of hydrogen-bond donors (Lipinski definition) is 2. The third-order valence-corrected chi connectivity index (χ3v) is 2.33. The Morgan fingerprint density at radius 1 is 1.50 bits per heavy atom. The van der Waals surface area contributed by atoms with Crippen LogP contribution in [0.15, 0.2) is 16.5 Å². The first kappa shape index (κ1) is 12.7. The lowest BCUT2D eigenvalue weighted by molar-refractivity contribution is 0.0658. The second-order valence-electron chi connectivity index (χ2n) is 3.52. The van der Waals surface area contributed by atoms with Gasteiger partial charge < -0.3 is 14.6 Å². The molecule has 0 aliphatic heterocycles. The molecule has 0 radical (unpaired) electrons. The van der Waals surface area contributed by atoms with Gasteiger partial charge in [-0.1, -0.05) is 6.92 Å². The van der Waals surface area contributed by atoms with E-state index in [1.165, 1.54) is 6.07 Å². The summed E-state index contributed by atoms with van der Waals surface area (Å²) in [5, 5.41) is 17.4. The molecular weight excluding hydrogens is 210 g/mol. The Morgan fingerprint density at radius 2 is 2.25 bits per heavy atom. The summed E-state index contributed by atoms with van der Waals surface area (Å²) < 4.78 is 5.15. The molecule has 0 aliphatic carbocycles. The molecule has 1 rings (SSSR count). The van der Waals surface area contributed by atoms with E-state index in [1.54, 1.807) is 6.07 Å². The van der Waals surface area contributed by atoms with Crippen LogP contribution in [0.1, 0.15) is 29.7 Å². The Balaban J connectivity index is 2.52. The number of aliphatic hydroxyl groups is 1. The largest absolute Gasteiger partial charge is 0.475 e. The van der Waals surface area contributed by atoms with Crippen molar-refractivity contribution in [1.29, 1.82) is 0 Å². The molecule has 0 bridgehead atoms. The van der Waals surface area contributed by atoms with E-state index in [-0.39, 0.29) is 12.4 Å². The van der Waals surface area contributed by atoms with E-state index in [2.05, 4.69) is 4.90 Å². The Bertz CT molecular complexity index is 334. The molecule has 0 aromatic carbocycles. The molecule has 0 atom stereocenters. The van der Waals surface area contributed by atoms with Crippen molar-refractivity contribution in [1.82, 2.24) is 4.90 Å². The van der Waals surface area contributed by atoms with Gasteiger partial charge in [0.2, 0.25) is 5.76 Å². The van der Waals surface area contributed by atoms with Gasteiger partial charge >= 0.3 is 5.97 Å². The third kappa shape index (κ3) is 3.67. The van der Waals surface area contributed by atoms with Gasteiger partial charge in [-0.25, -0.2) is 4.79 Å². The molecule has 0 saturated heterocycles. The zero-order valence-corrected chi connectivity index (χ0v) is 9.35. The van der Waals surface area contributed by atoms with E-state index in [0.717, 1.165) is 13.1 Å². The zero-order chi connectivity index (χ0) is 12.0. The van der Waals surface area contributed by atoms with E-state index in [4.69, 9.17) is 14.6 Å². The lowest BCUT2D eigenvalue weighted by Gasteiger charge is -2.18. The first-order valence-corrected chi connectivity index (χ1v) is 5.32. The van der Waals surface area contributed by atoms with Gasteiger partial charge in [-0.05, 0) is 25.1 Å². The van der Waals surface area contributed by atoms with Crippen molar-refractivity contribution in [3.8, 4) is 0 Å². The Kier molecular flexibility index (Phi) is 5.01. The maximum Gasteiger partial charge on any atom is 0.371 e. The molecule has 0 spiro atoms. The topological polar surface area (TPSA) is 73.9 Å². The van der Waals surface area contributed by atoms with Gasteiger partial charge in [0, 0.05) is 13.2 Å². The summed E-state index contributed by atoms with van der Waals surface area (Å²) in [7, 11) is 0. The fraction of sp³-hybridized carbons (Fsp3) is 0.545. The molecule has 5 nitrogen and oxygen atoms in total. The van der Waals surface area contributed by atoms with Crippen LogP contribution >= 0.6 is 0 Å². The van der Waals surface area contributed by atoms with Crippen LogP contribution in [0.25, 0.3) is 0 Å². The van der Waals surface area contributed by atoms with E-state index >= 15 is 0 Å². The molecule has 0 amide bonds. The number of carboxylic acids is 1. The van der Waals surface area contributed by atoms with Crippen LogP contribution in [0.3, 0.4) is 0 Å². The summed E-state index contributed by atoms with van der Waals surface area (Å²) in [6, 6.07) is 3.13. The number of aromatic carboxylic acids is 1. The predicted molar refractivity (Wildman–Crippen MR) is 58.3 cm³/mol. The van der Waals surface area contributed by atoms with Crippen LogP contribution in [-0.2, 0) is 6.54 Å². The highest BCUT2D eigenvalue weighted by Gasteiger charge is 2.11. The molecule has 16 heavy (non-hydrogen) atoms. The van der Waals surface area contributed by atoms with E-state index < -0.39 is 5.97 Å². The first-order chi connectivity index (χ1) is 7.67. The number of rotatable bonds is 7. The summed E-state index contributed by atoms with van der Waals surface area (Å²) >= 11 is 0. The minimum atomic E-state index is -1.05. The van der Waals surface area contributed by atoms with Crippen molar-refractivity contribution in [3.05, 3.63) is 23.7 Å². The third-order valence-electron chi connectivity index (χ3n) is 2.33. The van der Waals surface area contributed by atoms with Crippen molar-refractivity contribution < 1.29 is 19.4 Å². The van der Waals surface area contributed by atoms with Crippen molar-refractivity contribution in [2.75, 3.05) is 19.7 Å². The second kappa shape index (κ2) is 6.30. The van der Waals surface area contributed by atoms with Crippen LogP contribution in [0, 0.1) is 0 Å². The molecular formula is C11H17NO4. The minimum Gasteiger partial charge on any atom is -0.475 e. The highest BCUT2D eigenvalue weighted by atomic mass is 16.4. The van der Waals surface area contributed by atoms with Crippen LogP contribution in [0.2, 0.25) is 0 Å². The van der Waals surface area contributed by atoms with Crippen LogP contribution in [0.5, 0.6) is 0 Å². The minimum absolute atomic E-state index is 0.0341. The van der Waals surface area contributed by atoms with Crippen molar-refractivity contribution in [2.45, 2.75) is 19.9 Å². The Morgan fingerprint density at radius 3 is 2.75 bits per heavy atom. The summed E-state index contributed by atoms with van der Waals surface area (Å²) in [6.45, 7) is 4.36. The van der Waals surface area contributed by atoms with Gasteiger partial charge in [0.15, 0.2) is 0 Å². The van der Waals surface area contributed by atoms with Gasteiger partial charge in [-0.15, -0.1) is 0 Å². The summed E-state index contributed by atoms with van der Waals surface area (Å²) in [4.78, 5) is 12.7. The molecule has 1 heterocycles. The van der Waals surface area contributed by atoms with Gasteiger partial charge in [-0.2, -0.15) is 0 Å². The van der Waals surface area contributed by atoms with Gasteiger partial charge in [-0.3, -0.25) is 4.90 Å². The van der Waals surface area contributed by atoms with Crippen molar-refractivity contribution in [3.63, 3.8) is 0 Å². The smallest absolute Gasteiger partial charge is 0.371 e. The standard InChI is InChI=1S/C11H17NO4/c1-2-12(6-3-7-13)8-9-4-5-10(16-9)11(14)15/h4-5,13H,2-3,6-8H2,1H3,(H,14,15). The Hall–Kier alpha value is -1.33. The monoisotopic (exact) mass is 227 g/mol. The molecule has 1 aromatic rings. The van der Waals surface area contributed by atoms with Crippen LogP contribution in [0.4, 0.5) is 0 Å². The number of nitrogens with zero attached hydrogens (tertiary/aromatic N) is 1.